The molecular weight excluding hydrogens is 356 g/mol. The third-order valence-electron chi connectivity index (χ3n) is 3.27. The molecule has 1 heterocycles. The molecule has 0 radical (unpaired) electrons. The molecule has 114 valence electrons. The van der Waals surface area contributed by atoms with E-state index < -0.39 is 0 Å². The van der Waals surface area contributed by atoms with Crippen LogP contribution in [0.25, 0.3) is 0 Å². The maximum absolute atomic E-state index is 12.0. The maximum atomic E-state index is 12.0. The first kappa shape index (κ1) is 16.3. The highest BCUT2D eigenvalue weighted by atomic mass is 79.9. The van der Waals surface area contributed by atoms with Gasteiger partial charge in [0.15, 0.2) is 10.8 Å². The standard InChI is InChI=1S/C15H18BrClN2O2/c1-10(2)19-15(20)14(17)13(8-18-19)21-9-12-5-3-11(7-16)4-6-12/h3-5,8,10,12H,6-7,9H2,1-2H3. The number of rotatable bonds is 5. The van der Waals surface area contributed by atoms with Gasteiger partial charge in [-0.3, -0.25) is 4.79 Å². The molecule has 1 aromatic rings. The molecule has 1 aliphatic carbocycles. The van der Waals surface area contributed by atoms with Gasteiger partial charge in [-0.15, -0.1) is 0 Å². The van der Waals surface area contributed by atoms with Crippen LogP contribution in [0.5, 0.6) is 5.75 Å². The first-order valence-electron chi connectivity index (χ1n) is 6.86. The quantitative estimate of drug-likeness (QED) is 0.738. The lowest BCUT2D eigenvalue weighted by Crippen LogP contribution is -2.25. The summed E-state index contributed by atoms with van der Waals surface area (Å²) in [4.78, 5) is 12.0. The van der Waals surface area contributed by atoms with Crippen molar-refractivity contribution in [2.75, 3.05) is 11.9 Å². The Bertz CT molecular complexity index is 623. The molecule has 4 nitrogen and oxygen atoms in total. The highest BCUT2D eigenvalue weighted by Crippen LogP contribution is 2.23. The first-order chi connectivity index (χ1) is 10.0. The number of halogens is 2. The number of hydrogen-bond acceptors (Lipinski definition) is 3. The summed E-state index contributed by atoms with van der Waals surface area (Å²) in [5, 5.41) is 5.04. The number of allylic oxidation sites excluding steroid dienone is 3. The molecule has 0 fully saturated rings. The van der Waals surface area contributed by atoms with Crippen LogP contribution in [-0.4, -0.2) is 21.7 Å². The maximum Gasteiger partial charge on any atom is 0.289 e. The number of hydrogen-bond donors (Lipinski definition) is 0. The van der Waals surface area contributed by atoms with Crippen molar-refractivity contribution < 1.29 is 4.74 Å². The van der Waals surface area contributed by atoms with E-state index in [4.69, 9.17) is 16.3 Å². The van der Waals surface area contributed by atoms with Crippen molar-refractivity contribution in [2.24, 2.45) is 5.92 Å². The number of nitrogens with zero attached hydrogens (tertiary/aromatic N) is 2. The van der Waals surface area contributed by atoms with Crippen molar-refractivity contribution in [3.05, 3.63) is 45.4 Å². The summed E-state index contributed by atoms with van der Waals surface area (Å²) >= 11 is 9.50. The van der Waals surface area contributed by atoms with E-state index in [0.717, 1.165) is 11.8 Å². The minimum absolute atomic E-state index is 0.0295. The zero-order valence-corrected chi connectivity index (χ0v) is 14.4. The Morgan fingerprint density at radius 1 is 1.57 bits per heavy atom. The molecule has 1 atom stereocenters. The second kappa shape index (κ2) is 7.27. The summed E-state index contributed by atoms with van der Waals surface area (Å²) in [5.74, 6) is 0.638. The second-order valence-corrected chi connectivity index (χ2v) is 6.18. The van der Waals surface area contributed by atoms with Crippen LogP contribution in [0.4, 0.5) is 0 Å². The monoisotopic (exact) mass is 372 g/mol. The molecule has 1 unspecified atom stereocenters. The summed E-state index contributed by atoms with van der Waals surface area (Å²) in [7, 11) is 0. The third kappa shape index (κ3) is 3.98. The first-order valence-corrected chi connectivity index (χ1v) is 8.36. The van der Waals surface area contributed by atoms with Crippen molar-refractivity contribution in [3.63, 3.8) is 0 Å². The summed E-state index contributed by atoms with van der Waals surface area (Å²) in [6, 6.07) is -0.0295. The minimum atomic E-state index is -0.315. The fourth-order valence-corrected chi connectivity index (χ4v) is 2.63. The van der Waals surface area contributed by atoms with E-state index in [1.54, 1.807) is 0 Å². The van der Waals surface area contributed by atoms with Crippen LogP contribution in [0.1, 0.15) is 26.3 Å². The van der Waals surface area contributed by atoms with Gasteiger partial charge in [0.25, 0.3) is 5.56 Å². The highest BCUT2D eigenvalue weighted by molar-refractivity contribution is 9.09. The molecule has 2 rings (SSSR count). The molecule has 1 aliphatic rings. The van der Waals surface area contributed by atoms with Crippen LogP contribution in [0.3, 0.4) is 0 Å². The molecule has 0 bridgehead atoms. The van der Waals surface area contributed by atoms with Gasteiger partial charge in [0, 0.05) is 11.2 Å². The van der Waals surface area contributed by atoms with Crippen molar-refractivity contribution in [3.8, 4) is 5.75 Å². The second-order valence-electron chi connectivity index (χ2n) is 5.24. The van der Waals surface area contributed by atoms with E-state index in [1.807, 2.05) is 13.8 Å². The predicted octanol–water partition coefficient (Wildman–Crippen LogP) is 3.75. The molecule has 0 aliphatic heterocycles. The smallest absolute Gasteiger partial charge is 0.289 e. The zero-order chi connectivity index (χ0) is 15.4. The van der Waals surface area contributed by atoms with Gasteiger partial charge in [0.05, 0.1) is 18.8 Å². The van der Waals surface area contributed by atoms with Gasteiger partial charge in [-0.05, 0) is 25.8 Å². The molecule has 0 N–H and O–H groups in total. The van der Waals surface area contributed by atoms with Crippen LogP contribution < -0.4 is 10.3 Å². The fraction of sp³-hybridized carbons (Fsp3) is 0.467. The average Bonchev–Trinajstić information content (AvgIpc) is 2.49. The summed E-state index contributed by atoms with van der Waals surface area (Å²) in [6.07, 6.45) is 8.82. The Hall–Kier alpha value is -1.07. The van der Waals surface area contributed by atoms with Gasteiger partial charge < -0.3 is 4.74 Å². The number of aromatic nitrogens is 2. The fourth-order valence-electron chi connectivity index (χ4n) is 2.03. The molecule has 0 saturated heterocycles. The molecule has 0 aromatic carbocycles. The Morgan fingerprint density at radius 3 is 2.90 bits per heavy atom. The SMILES string of the molecule is CC(C)n1ncc(OCC2C=CC(CBr)=CC2)c(Cl)c1=O. The third-order valence-corrected chi connectivity index (χ3v) is 4.27. The molecule has 1 aromatic heterocycles. The van der Waals surface area contributed by atoms with Crippen molar-refractivity contribution in [1.82, 2.24) is 9.78 Å². The molecule has 21 heavy (non-hydrogen) atoms. The lowest BCUT2D eigenvalue weighted by atomic mass is 9.98. The van der Waals surface area contributed by atoms with Gasteiger partial charge in [-0.1, -0.05) is 45.8 Å². The Balaban J connectivity index is 2.02. The van der Waals surface area contributed by atoms with Gasteiger partial charge in [0.2, 0.25) is 0 Å². The van der Waals surface area contributed by atoms with E-state index in [9.17, 15) is 4.79 Å². The Kier molecular flexibility index (Phi) is 5.65. The summed E-state index contributed by atoms with van der Waals surface area (Å²) < 4.78 is 7.01. The van der Waals surface area contributed by atoms with E-state index in [0.29, 0.717) is 12.4 Å². The van der Waals surface area contributed by atoms with Crippen LogP contribution in [0, 0.1) is 5.92 Å². The normalized spacial score (nSPS) is 18.0. The molecular formula is C15H18BrClN2O2. The van der Waals surface area contributed by atoms with Crippen LogP contribution in [-0.2, 0) is 0 Å². The van der Waals surface area contributed by atoms with Crippen molar-refractivity contribution >= 4 is 27.5 Å². The van der Waals surface area contributed by atoms with Gasteiger partial charge in [-0.2, -0.15) is 5.10 Å². The van der Waals surface area contributed by atoms with E-state index in [-0.39, 0.29) is 22.5 Å². The molecule has 0 spiro atoms. The molecule has 6 heteroatoms. The largest absolute Gasteiger partial charge is 0.489 e. The van der Waals surface area contributed by atoms with E-state index in [1.165, 1.54) is 16.5 Å². The van der Waals surface area contributed by atoms with E-state index >= 15 is 0 Å². The van der Waals surface area contributed by atoms with Crippen molar-refractivity contribution in [1.29, 1.82) is 0 Å². The highest BCUT2D eigenvalue weighted by Gasteiger charge is 2.14. The van der Waals surface area contributed by atoms with Gasteiger partial charge in [-0.25, -0.2) is 4.68 Å². The summed E-state index contributed by atoms with van der Waals surface area (Å²) in [5.41, 5.74) is 0.954. The minimum Gasteiger partial charge on any atom is -0.489 e. The lowest BCUT2D eigenvalue weighted by Gasteiger charge is -2.17. The Morgan fingerprint density at radius 2 is 2.33 bits per heavy atom. The topological polar surface area (TPSA) is 44.1 Å². The average molecular weight is 374 g/mol. The predicted molar refractivity (Wildman–Crippen MR) is 88.5 cm³/mol. The zero-order valence-electron chi connectivity index (χ0n) is 12.1. The lowest BCUT2D eigenvalue weighted by molar-refractivity contribution is 0.272. The molecule has 0 saturated carbocycles. The van der Waals surface area contributed by atoms with Crippen LogP contribution in [0.15, 0.2) is 34.8 Å². The van der Waals surface area contributed by atoms with Gasteiger partial charge in [0.1, 0.15) is 0 Å². The van der Waals surface area contributed by atoms with Crippen LogP contribution >= 0.6 is 27.5 Å². The number of alkyl halides is 1. The van der Waals surface area contributed by atoms with Gasteiger partial charge >= 0.3 is 0 Å². The van der Waals surface area contributed by atoms with Crippen molar-refractivity contribution in [2.45, 2.75) is 26.3 Å². The molecule has 0 amide bonds. The summed E-state index contributed by atoms with van der Waals surface area (Å²) in [6.45, 7) is 4.24. The van der Waals surface area contributed by atoms with Crippen LogP contribution in [0.2, 0.25) is 5.02 Å². The Labute approximate surface area is 137 Å². The van der Waals surface area contributed by atoms with E-state index in [2.05, 4.69) is 39.3 Å². The number of ether oxygens (including phenoxy) is 1.